The summed E-state index contributed by atoms with van der Waals surface area (Å²) in [6.07, 6.45) is 1.36. The third-order valence-electron chi connectivity index (χ3n) is 6.84. The molecule has 0 saturated carbocycles. The molecular formula is C29H32FN7O5S. The summed E-state index contributed by atoms with van der Waals surface area (Å²) in [4.78, 5) is 28.1. The molecule has 4 aromatic rings. The van der Waals surface area contributed by atoms with Gasteiger partial charge in [-0.2, -0.15) is 4.80 Å². The number of carbonyl (C=O) groups excluding carboxylic acids is 2. The van der Waals surface area contributed by atoms with Gasteiger partial charge in [0.2, 0.25) is 10.0 Å². The van der Waals surface area contributed by atoms with Crippen LogP contribution in [0.2, 0.25) is 0 Å². The number of tetrazole rings is 1. The number of aliphatic hydroxyl groups is 1. The van der Waals surface area contributed by atoms with Crippen molar-refractivity contribution >= 4 is 27.5 Å². The third kappa shape index (κ3) is 8.42. The van der Waals surface area contributed by atoms with Crippen LogP contribution in [0.15, 0.2) is 79.1 Å². The van der Waals surface area contributed by atoms with E-state index >= 15 is 0 Å². The quantitative estimate of drug-likeness (QED) is 0.220. The van der Waals surface area contributed by atoms with Crippen molar-refractivity contribution in [3.8, 4) is 0 Å². The summed E-state index contributed by atoms with van der Waals surface area (Å²) in [7, 11) is -2.44. The SMILES string of the molecule is C[C@@H](NC(=O)c1cc(C(=O)N[C@@H](Cc2ccccc2)[C@@H](O)Cn2ncnn2)cc(N(C)S(C)(=O)=O)c1)c1ccc(F)cc1. The molecule has 226 valence electrons. The Hall–Kier alpha value is -4.69. The van der Waals surface area contributed by atoms with E-state index in [9.17, 15) is 27.5 Å². The molecule has 14 heteroatoms. The summed E-state index contributed by atoms with van der Waals surface area (Å²) in [6.45, 7) is 1.66. The van der Waals surface area contributed by atoms with E-state index in [0.717, 1.165) is 16.1 Å². The number of halogens is 1. The van der Waals surface area contributed by atoms with Crippen LogP contribution in [0.3, 0.4) is 0 Å². The molecule has 0 bridgehead atoms. The van der Waals surface area contributed by atoms with Crippen molar-refractivity contribution in [3.63, 3.8) is 0 Å². The first kappa shape index (κ1) is 31.3. The van der Waals surface area contributed by atoms with Gasteiger partial charge in [-0.1, -0.05) is 42.5 Å². The van der Waals surface area contributed by atoms with E-state index < -0.39 is 45.8 Å². The molecule has 3 N–H and O–H groups in total. The molecule has 0 saturated heterocycles. The Morgan fingerprint density at radius 1 is 1.00 bits per heavy atom. The molecule has 0 radical (unpaired) electrons. The smallest absolute Gasteiger partial charge is 0.251 e. The van der Waals surface area contributed by atoms with E-state index in [2.05, 4.69) is 26.0 Å². The van der Waals surface area contributed by atoms with E-state index in [1.807, 2.05) is 30.3 Å². The molecule has 3 aromatic carbocycles. The van der Waals surface area contributed by atoms with Gasteiger partial charge >= 0.3 is 0 Å². The van der Waals surface area contributed by atoms with Gasteiger partial charge in [-0.05, 0) is 60.0 Å². The largest absolute Gasteiger partial charge is 0.389 e. The van der Waals surface area contributed by atoms with Crippen LogP contribution in [-0.4, -0.2) is 71.0 Å². The van der Waals surface area contributed by atoms with Crippen LogP contribution < -0.4 is 14.9 Å². The van der Waals surface area contributed by atoms with Gasteiger partial charge in [0.25, 0.3) is 11.8 Å². The van der Waals surface area contributed by atoms with Crippen molar-refractivity contribution in [2.75, 3.05) is 17.6 Å². The Kier molecular flexibility index (Phi) is 9.83. The van der Waals surface area contributed by atoms with E-state index in [0.29, 0.717) is 5.56 Å². The van der Waals surface area contributed by atoms with Crippen molar-refractivity contribution in [3.05, 3.63) is 107 Å². The Labute approximate surface area is 248 Å². The average Bonchev–Trinajstić information content (AvgIpc) is 3.49. The molecule has 0 aliphatic heterocycles. The predicted octanol–water partition coefficient (Wildman–Crippen LogP) is 2.10. The van der Waals surface area contributed by atoms with Crippen LogP contribution in [-0.2, 0) is 23.0 Å². The lowest BCUT2D eigenvalue weighted by molar-refractivity contribution is 0.0763. The first-order chi connectivity index (χ1) is 20.4. The van der Waals surface area contributed by atoms with Gasteiger partial charge in [0.15, 0.2) is 6.33 Å². The normalized spacial score (nSPS) is 13.5. The van der Waals surface area contributed by atoms with Gasteiger partial charge < -0.3 is 15.7 Å². The monoisotopic (exact) mass is 609 g/mol. The number of sulfonamides is 1. The standard InChI is InChI=1S/C29H32FN7O5S/c1-19(21-9-11-24(30)12-10-21)33-28(39)22-14-23(16-25(15-22)36(2)43(3,41)42)29(40)34-26(13-20-7-5-4-6-8-20)27(38)17-37-32-18-31-35-37/h4-12,14-16,18-19,26-27,38H,13,17H2,1-3H3,(H,33,39)(H,34,40)/t19-,26+,27+/m1/s1. The fraction of sp³-hybridized carbons (Fsp3) is 0.276. The van der Waals surface area contributed by atoms with Gasteiger partial charge in [-0.15, -0.1) is 10.2 Å². The first-order valence-corrected chi connectivity index (χ1v) is 15.1. The van der Waals surface area contributed by atoms with E-state index in [-0.39, 0.29) is 29.8 Å². The second-order valence-electron chi connectivity index (χ2n) is 10.1. The lowest BCUT2D eigenvalue weighted by Gasteiger charge is -2.25. The van der Waals surface area contributed by atoms with Gasteiger partial charge in [0.1, 0.15) is 5.82 Å². The number of hydrogen-bond acceptors (Lipinski definition) is 8. The number of amides is 2. The number of carbonyl (C=O) groups is 2. The van der Waals surface area contributed by atoms with Crippen LogP contribution in [0.1, 0.15) is 44.8 Å². The fourth-order valence-electron chi connectivity index (χ4n) is 4.33. The highest BCUT2D eigenvalue weighted by Crippen LogP contribution is 2.22. The minimum absolute atomic E-state index is 0.00303. The molecule has 1 aromatic heterocycles. The minimum atomic E-state index is -3.75. The number of benzene rings is 3. The highest BCUT2D eigenvalue weighted by molar-refractivity contribution is 7.92. The summed E-state index contributed by atoms with van der Waals surface area (Å²) in [6, 6.07) is 17.6. The van der Waals surface area contributed by atoms with Crippen LogP contribution in [0.5, 0.6) is 0 Å². The molecule has 12 nitrogen and oxygen atoms in total. The minimum Gasteiger partial charge on any atom is -0.389 e. The zero-order valence-corrected chi connectivity index (χ0v) is 24.6. The Morgan fingerprint density at radius 2 is 1.63 bits per heavy atom. The van der Waals surface area contributed by atoms with Crippen molar-refractivity contribution in [2.24, 2.45) is 0 Å². The molecule has 0 aliphatic carbocycles. The molecule has 0 aliphatic rings. The van der Waals surface area contributed by atoms with Gasteiger partial charge in [-0.3, -0.25) is 13.9 Å². The maximum atomic E-state index is 13.6. The van der Waals surface area contributed by atoms with Crippen LogP contribution in [0, 0.1) is 5.82 Å². The number of nitrogens with zero attached hydrogens (tertiary/aromatic N) is 5. The first-order valence-electron chi connectivity index (χ1n) is 13.3. The number of aliphatic hydroxyl groups excluding tert-OH is 1. The summed E-state index contributed by atoms with van der Waals surface area (Å²) >= 11 is 0. The van der Waals surface area contributed by atoms with E-state index in [1.54, 1.807) is 19.1 Å². The molecule has 43 heavy (non-hydrogen) atoms. The Bertz CT molecular complexity index is 1650. The second kappa shape index (κ2) is 13.5. The Morgan fingerprint density at radius 3 is 2.21 bits per heavy atom. The molecule has 2 amide bonds. The van der Waals surface area contributed by atoms with Crippen molar-refractivity contribution in [2.45, 2.75) is 38.1 Å². The van der Waals surface area contributed by atoms with Gasteiger partial charge in [0.05, 0.1) is 36.7 Å². The van der Waals surface area contributed by atoms with Gasteiger partial charge in [0, 0.05) is 18.2 Å². The molecule has 0 unspecified atom stereocenters. The lowest BCUT2D eigenvalue weighted by atomic mass is 10.00. The maximum absolute atomic E-state index is 13.6. The molecule has 4 rings (SSSR count). The number of aromatic nitrogens is 4. The lowest BCUT2D eigenvalue weighted by Crippen LogP contribution is -2.47. The predicted molar refractivity (Wildman–Crippen MR) is 157 cm³/mol. The molecular weight excluding hydrogens is 577 g/mol. The number of rotatable bonds is 12. The topological polar surface area (TPSA) is 159 Å². The zero-order chi connectivity index (χ0) is 31.1. The zero-order valence-electron chi connectivity index (χ0n) is 23.8. The average molecular weight is 610 g/mol. The summed E-state index contributed by atoms with van der Waals surface area (Å²) < 4.78 is 39.0. The molecule has 3 atom stereocenters. The summed E-state index contributed by atoms with van der Waals surface area (Å²) in [5, 5.41) is 28.0. The van der Waals surface area contributed by atoms with Crippen LogP contribution in [0.4, 0.5) is 10.1 Å². The van der Waals surface area contributed by atoms with Gasteiger partial charge in [-0.25, -0.2) is 12.8 Å². The highest BCUT2D eigenvalue weighted by atomic mass is 32.2. The van der Waals surface area contributed by atoms with E-state index in [4.69, 9.17) is 0 Å². The van der Waals surface area contributed by atoms with E-state index in [1.165, 1.54) is 48.5 Å². The molecule has 0 spiro atoms. The number of nitrogens with one attached hydrogen (secondary N) is 2. The Balaban J connectivity index is 1.63. The summed E-state index contributed by atoms with van der Waals surface area (Å²) in [5.74, 6) is -1.63. The number of anilines is 1. The molecule has 0 fully saturated rings. The van der Waals surface area contributed by atoms with Crippen LogP contribution in [0.25, 0.3) is 0 Å². The number of hydrogen-bond donors (Lipinski definition) is 3. The van der Waals surface area contributed by atoms with Crippen LogP contribution >= 0.6 is 0 Å². The van der Waals surface area contributed by atoms with Crippen molar-refractivity contribution < 1.29 is 27.5 Å². The highest BCUT2D eigenvalue weighted by Gasteiger charge is 2.26. The second-order valence-corrected chi connectivity index (χ2v) is 12.1. The fourth-order valence-corrected chi connectivity index (χ4v) is 4.82. The molecule has 1 heterocycles. The van der Waals surface area contributed by atoms with Crippen molar-refractivity contribution in [1.29, 1.82) is 0 Å². The summed E-state index contributed by atoms with van der Waals surface area (Å²) in [5.41, 5.74) is 1.60. The third-order valence-corrected chi connectivity index (χ3v) is 8.05. The maximum Gasteiger partial charge on any atom is 0.251 e. The van der Waals surface area contributed by atoms with Crippen molar-refractivity contribution in [1.82, 2.24) is 30.8 Å².